The number of carbonyl (C=O) groups excluding carboxylic acids is 2. The van der Waals surface area contributed by atoms with E-state index in [9.17, 15) is 18.0 Å². The maximum absolute atomic E-state index is 12.1. The number of ether oxygens (including phenoxy) is 1. The molecule has 5 nitrogen and oxygen atoms in total. The van der Waals surface area contributed by atoms with Gasteiger partial charge in [0.2, 0.25) is 0 Å². The van der Waals surface area contributed by atoms with Crippen LogP contribution in [0, 0.1) is 5.92 Å². The third-order valence-corrected chi connectivity index (χ3v) is 4.30. The highest BCUT2D eigenvalue weighted by atomic mass is 32.2. The number of benzene rings is 1. The first-order chi connectivity index (χ1) is 9.63. The minimum Gasteiger partial charge on any atom is -0.462 e. The van der Waals surface area contributed by atoms with Crippen LogP contribution in [0.25, 0.3) is 0 Å². The lowest BCUT2D eigenvalue weighted by Crippen LogP contribution is -2.21. The van der Waals surface area contributed by atoms with Gasteiger partial charge in [0.05, 0.1) is 11.0 Å². The zero-order chi connectivity index (χ0) is 16.2. The summed E-state index contributed by atoms with van der Waals surface area (Å²) in [6, 6.07) is 5.60. The van der Waals surface area contributed by atoms with Crippen molar-refractivity contribution >= 4 is 21.6 Å². The van der Waals surface area contributed by atoms with Gasteiger partial charge in [-0.15, -0.1) is 0 Å². The molecule has 0 amide bonds. The summed E-state index contributed by atoms with van der Waals surface area (Å²) in [5.41, 5.74) is 0.453. The van der Waals surface area contributed by atoms with Gasteiger partial charge in [-0.3, -0.25) is 9.59 Å². The highest BCUT2D eigenvalue weighted by molar-refractivity contribution is 7.92. The molecule has 1 aromatic carbocycles. The Kier molecular flexibility index (Phi) is 5.66. The van der Waals surface area contributed by atoms with Crippen molar-refractivity contribution in [1.29, 1.82) is 0 Å². The third kappa shape index (κ3) is 4.97. The molecule has 0 heterocycles. The fraction of sp³-hybridized carbons (Fsp3) is 0.467. The molecule has 1 aromatic rings. The maximum atomic E-state index is 12.1. The second-order valence-corrected chi connectivity index (χ2v) is 7.33. The van der Waals surface area contributed by atoms with Crippen molar-refractivity contribution in [2.45, 2.75) is 38.7 Å². The van der Waals surface area contributed by atoms with Gasteiger partial charge in [0.25, 0.3) is 0 Å². The lowest BCUT2D eigenvalue weighted by atomic mass is 10.0. The summed E-state index contributed by atoms with van der Waals surface area (Å²) in [7, 11) is -3.75. The molecule has 1 rings (SSSR count). The van der Waals surface area contributed by atoms with Crippen molar-refractivity contribution in [3.63, 3.8) is 0 Å². The fourth-order valence-electron chi connectivity index (χ4n) is 1.70. The van der Waals surface area contributed by atoms with Gasteiger partial charge in [-0.25, -0.2) is 8.42 Å². The molecule has 0 aliphatic heterocycles. The van der Waals surface area contributed by atoms with Crippen molar-refractivity contribution in [2.75, 3.05) is 5.75 Å². The molecule has 0 fully saturated rings. The highest BCUT2D eigenvalue weighted by Crippen LogP contribution is 2.15. The van der Waals surface area contributed by atoms with Gasteiger partial charge in [0.1, 0.15) is 0 Å². The number of carbonyl (C=O) groups is 2. The van der Waals surface area contributed by atoms with E-state index in [2.05, 4.69) is 0 Å². The lowest BCUT2D eigenvalue weighted by Gasteiger charge is -2.09. The molecule has 6 heteroatoms. The van der Waals surface area contributed by atoms with Crippen LogP contribution in [0.1, 0.15) is 38.1 Å². The Hall–Kier alpha value is -1.69. The predicted molar refractivity (Wildman–Crippen MR) is 78.9 cm³/mol. The van der Waals surface area contributed by atoms with Crippen LogP contribution >= 0.6 is 0 Å². The Balaban J connectivity index is 2.90. The zero-order valence-electron chi connectivity index (χ0n) is 12.6. The van der Waals surface area contributed by atoms with Crippen molar-refractivity contribution in [3.05, 3.63) is 29.8 Å². The second-order valence-electron chi connectivity index (χ2n) is 5.34. The number of sulfone groups is 1. The summed E-state index contributed by atoms with van der Waals surface area (Å²) < 4.78 is 28.9. The fourth-order valence-corrected chi connectivity index (χ4v) is 2.79. The average Bonchev–Trinajstić information content (AvgIpc) is 2.36. The topological polar surface area (TPSA) is 77.5 Å². The number of ketones is 1. The largest absolute Gasteiger partial charge is 0.462 e. The summed E-state index contributed by atoms with van der Waals surface area (Å²) in [5, 5.41) is 0. The Labute approximate surface area is 125 Å². The van der Waals surface area contributed by atoms with Crippen LogP contribution < -0.4 is 0 Å². The number of esters is 1. The molecule has 0 saturated heterocycles. The number of hydrogen-bond acceptors (Lipinski definition) is 5. The molecule has 0 N–H and O–H groups in total. The van der Waals surface area contributed by atoms with E-state index in [1.165, 1.54) is 24.3 Å². The van der Waals surface area contributed by atoms with Gasteiger partial charge in [0.15, 0.2) is 21.4 Å². The Morgan fingerprint density at radius 2 is 1.57 bits per heavy atom. The van der Waals surface area contributed by atoms with Crippen LogP contribution in [-0.4, -0.2) is 32.0 Å². The van der Waals surface area contributed by atoms with E-state index in [0.717, 1.165) is 0 Å². The van der Waals surface area contributed by atoms with Gasteiger partial charge in [-0.2, -0.15) is 0 Å². The van der Waals surface area contributed by atoms with Crippen LogP contribution in [0.5, 0.6) is 0 Å². The second kappa shape index (κ2) is 6.85. The number of rotatable bonds is 6. The Bertz CT molecular complexity index is 612. The molecule has 0 bridgehead atoms. The molecule has 0 radical (unpaired) electrons. The van der Waals surface area contributed by atoms with E-state index >= 15 is 0 Å². The number of Topliss-reactive ketones (excluding diaryl/α,β-unsaturated/α-hetero) is 1. The van der Waals surface area contributed by atoms with Gasteiger partial charge in [-0.05, 0) is 26.0 Å². The van der Waals surface area contributed by atoms with Crippen LogP contribution in [0.2, 0.25) is 0 Å². The first-order valence-electron chi connectivity index (χ1n) is 6.70. The van der Waals surface area contributed by atoms with Crippen LogP contribution in [0.3, 0.4) is 0 Å². The molecule has 0 saturated carbocycles. The summed E-state index contributed by atoms with van der Waals surface area (Å²) in [6.07, 6.45) is -0.362. The molecule has 21 heavy (non-hydrogen) atoms. The summed E-state index contributed by atoms with van der Waals surface area (Å²) in [6.45, 7) is 6.84. The molecule has 0 aliphatic rings. The van der Waals surface area contributed by atoms with Crippen molar-refractivity contribution < 1.29 is 22.7 Å². The van der Waals surface area contributed by atoms with E-state index in [1.54, 1.807) is 27.7 Å². The summed E-state index contributed by atoms with van der Waals surface area (Å²) >= 11 is 0. The highest BCUT2D eigenvalue weighted by Gasteiger charge is 2.21. The minimum atomic E-state index is -3.75. The lowest BCUT2D eigenvalue weighted by molar-refractivity contribution is -0.144. The molecule has 0 aliphatic carbocycles. The van der Waals surface area contributed by atoms with Crippen LogP contribution in [0.15, 0.2) is 29.2 Å². The smallest absolute Gasteiger partial charge is 0.321 e. The molecule has 0 aromatic heterocycles. The van der Waals surface area contributed by atoms with Gasteiger partial charge >= 0.3 is 5.97 Å². The first-order valence-corrected chi connectivity index (χ1v) is 8.35. The Morgan fingerprint density at radius 1 is 1.05 bits per heavy atom. The van der Waals surface area contributed by atoms with E-state index in [0.29, 0.717) is 5.56 Å². The van der Waals surface area contributed by atoms with Crippen molar-refractivity contribution in [2.24, 2.45) is 5.92 Å². The molecular weight excluding hydrogens is 292 g/mol. The Morgan fingerprint density at radius 3 is 2.00 bits per heavy atom. The number of hydrogen-bond donors (Lipinski definition) is 0. The normalized spacial score (nSPS) is 11.7. The summed E-state index contributed by atoms with van der Waals surface area (Å²) in [5.74, 6) is -1.71. The minimum absolute atomic E-state index is 0.00325. The van der Waals surface area contributed by atoms with Gasteiger partial charge in [-0.1, -0.05) is 26.0 Å². The molecular formula is C15H20O5S. The molecule has 0 unspecified atom stereocenters. The van der Waals surface area contributed by atoms with Crippen LogP contribution in [-0.2, 0) is 19.4 Å². The third-order valence-electron chi connectivity index (χ3n) is 2.70. The zero-order valence-corrected chi connectivity index (χ0v) is 13.4. The average molecular weight is 312 g/mol. The molecule has 0 atom stereocenters. The van der Waals surface area contributed by atoms with E-state index < -0.39 is 21.6 Å². The van der Waals surface area contributed by atoms with Gasteiger partial charge < -0.3 is 4.74 Å². The van der Waals surface area contributed by atoms with Crippen molar-refractivity contribution in [3.8, 4) is 0 Å². The SMILES string of the molecule is CC(C)OC(=O)CS(=O)(=O)c1ccc(C(=O)C(C)C)cc1. The predicted octanol–water partition coefficient (Wildman–Crippen LogP) is 2.25. The molecule has 116 valence electrons. The van der Waals surface area contributed by atoms with Crippen LogP contribution in [0.4, 0.5) is 0 Å². The van der Waals surface area contributed by atoms with E-state index in [-0.39, 0.29) is 22.7 Å². The standard InChI is InChI=1S/C15H20O5S/c1-10(2)15(17)12-5-7-13(8-6-12)21(18,19)9-14(16)20-11(3)4/h5-8,10-11H,9H2,1-4H3. The quantitative estimate of drug-likeness (QED) is 0.595. The van der Waals surface area contributed by atoms with Crippen molar-refractivity contribution in [1.82, 2.24) is 0 Å². The van der Waals surface area contributed by atoms with Gasteiger partial charge in [0, 0.05) is 11.5 Å². The molecule has 0 spiro atoms. The monoisotopic (exact) mass is 312 g/mol. The maximum Gasteiger partial charge on any atom is 0.321 e. The van der Waals surface area contributed by atoms with E-state index in [4.69, 9.17) is 4.74 Å². The van der Waals surface area contributed by atoms with E-state index in [1.807, 2.05) is 0 Å². The first kappa shape index (κ1) is 17.4. The summed E-state index contributed by atoms with van der Waals surface area (Å²) in [4.78, 5) is 23.2.